The summed E-state index contributed by atoms with van der Waals surface area (Å²) >= 11 is 3.36. The Balaban J connectivity index is 2.15. The molecule has 4 N–H and O–H groups in total. The van der Waals surface area contributed by atoms with Crippen LogP contribution in [0.15, 0.2) is 59.1 Å². The average Bonchev–Trinajstić information content (AvgIpc) is 2.77. The lowest BCUT2D eigenvalue weighted by molar-refractivity contribution is -0.124. The summed E-state index contributed by atoms with van der Waals surface area (Å²) in [7, 11) is 0. The first-order valence-electron chi connectivity index (χ1n) is 9.41. The first-order valence-corrected chi connectivity index (χ1v) is 10.2. The highest BCUT2D eigenvalue weighted by Gasteiger charge is 2.26. The Morgan fingerprint density at radius 1 is 1.26 bits per heavy atom. The molecule has 2 amide bonds. The van der Waals surface area contributed by atoms with Crippen molar-refractivity contribution >= 4 is 33.6 Å². The molecule has 162 valence electrons. The first kappa shape index (κ1) is 23.9. The molecule has 31 heavy (non-hydrogen) atoms. The average molecular weight is 488 g/mol. The summed E-state index contributed by atoms with van der Waals surface area (Å²) in [6, 6.07) is 13.2. The number of amides is 2. The van der Waals surface area contributed by atoms with Gasteiger partial charge in [-0.25, -0.2) is 10.3 Å². The van der Waals surface area contributed by atoms with E-state index in [1.807, 2.05) is 13.0 Å². The third kappa shape index (κ3) is 7.44. The Labute approximate surface area is 188 Å². The lowest BCUT2D eigenvalue weighted by atomic mass is 9.92. The maximum absolute atomic E-state index is 12.5. The van der Waals surface area contributed by atoms with Crippen LogP contribution in [0.25, 0.3) is 0 Å². The van der Waals surface area contributed by atoms with Crippen molar-refractivity contribution in [1.82, 2.24) is 5.48 Å². The lowest BCUT2D eigenvalue weighted by Crippen LogP contribution is -2.22. The molecule has 0 bridgehead atoms. The fraction of sp³-hybridized carbons (Fsp3) is 0.227. The lowest BCUT2D eigenvalue weighted by Gasteiger charge is -2.25. The molecule has 9 heteroatoms. The third-order valence-corrected chi connectivity index (χ3v) is 4.97. The van der Waals surface area contributed by atoms with Gasteiger partial charge in [-0.1, -0.05) is 28.9 Å². The van der Waals surface area contributed by atoms with Gasteiger partial charge in [0.05, 0.1) is 11.6 Å². The van der Waals surface area contributed by atoms with E-state index in [0.717, 1.165) is 0 Å². The number of carbonyl (C=O) groups excluding carboxylic acids is 2. The number of allylic oxidation sites excluding steroid dienone is 1. The highest BCUT2D eigenvalue weighted by molar-refractivity contribution is 9.10. The second-order valence-electron chi connectivity index (χ2n) is 6.78. The summed E-state index contributed by atoms with van der Waals surface area (Å²) in [5, 5.41) is 30.3. The molecule has 2 aromatic rings. The Morgan fingerprint density at radius 2 is 1.97 bits per heavy atom. The van der Waals surface area contributed by atoms with Crippen LogP contribution in [0.1, 0.15) is 37.0 Å². The molecule has 2 atom stereocenters. The number of phenolic OH excluding ortho intramolecular Hbond substituents is 1. The molecule has 0 aliphatic carbocycles. The van der Waals surface area contributed by atoms with Crippen molar-refractivity contribution < 1.29 is 24.6 Å². The summed E-state index contributed by atoms with van der Waals surface area (Å²) in [5.74, 6) is -0.859. The van der Waals surface area contributed by atoms with E-state index >= 15 is 0 Å². The van der Waals surface area contributed by atoms with Gasteiger partial charge >= 0.3 is 6.09 Å². The van der Waals surface area contributed by atoms with Gasteiger partial charge in [0.25, 0.3) is 5.91 Å². The van der Waals surface area contributed by atoms with Crippen molar-refractivity contribution in [2.24, 2.45) is 5.92 Å². The van der Waals surface area contributed by atoms with Gasteiger partial charge in [-0.05, 0) is 61.2 Å². The molecule has 0 spiro atoms. The number of aromatic hydroxyl groups is 1. The number of carbonyl (C=O) groups is 2. The molecule has 8 nitrogen and oxygen atoms in total. The van der Waals surface area contributed by atoms with Crippen LogP contribution in [0.2, 0.25) is 0 Å². The standard InChI is InChI=1S/C22H22BrN3O5/c1-14(4-2-3-5-20(28)26-30)21(18-12-16(23)8-11-19(18)27)31-22(29)25-17-9-6-15(13-24)7-10-17/h3,5-12,14,21,27,30H,2,4H2,1H3,(H,25,29)(H,26,28)/b5-3+/t14-,21-/m0/s1. The van der Waals surface area contributed by atoms with Crippen LogP contribution in [0.4, 0.5) is 10.5 Å². The summed E-state index contributed by atoms with van der Waals surface area (Å²) < 4.78 is 6.37. The van der Waals surface area contributed by atoms with Gasteiger partial charge in [0.2, 0.25) is 0 Å². The molecule has 0 saturated heterocycles. The molecule has 0 saturated carbocycles. The largest absolute Gasteiger partial charge is 0.508 e. The van der Waals surface area contributed by atoms with Crippen molar-refractivity contribution in [2.45, 2.75) is 25.9 Å². The topological polar surface area (TPSA) is 132 Å². The maximum Gasteiger partial charge on any atom is 0.412 e. The number of nitrogens with one attached hydrogen (secondary N) is 2. The summed E-state index contributed by atoms with van der Waals surface area (Å²) in [6.45, 7) is 1.86. The fourth-order valence-corrected chi connectivity index (χ4v) is 3.25. The zero-order valence-electron chi connectivity index (χ0n) is 16.7. The Kier molecular flexibility index (Phi) is 9.06. The molecular formula is C22H22BrN3O5. The van der Waals surface area contributed by atoms with E-state index in [9.17, 15) is 14.7 Å². The fourth-order valence-electron chi connectivity index (χ4n) is 2.87. The molecular weight excluding hydrogens is 466 g/mol. The van der Waals surface area contributed by atoms with Crippen molar-refractivity contribution in [3.63, 3.8) is 0 Å². The van der Waals surface area contributed by atoms with E-state index in [1.54, 1.807) is 42.5 Å². The minimum absolute atomic E-state index is 0.0126. The quantitative estimate of drug-likeness (QED) is 0.240. The van der Waals surface area contributed by atoms with Gasteiger partial charge < -0.3 is 9.84 Å². The maximum atomic E-state index is 12.5. The number of nitriles is 1. The molecule has 0 radical (unpaired) electrons. The second kappa shape index (κ2) is 11.7. The minimum Gasteiger partial charge on any atom is -0.508 e. The van der Waals surface area contributed by atoms with E-state index in [4.69, 9.17) is 15.2 Å². The van der Waals surface area contributed by atoms with Gasteiger partial charge in [0.15, 0.2) is 0 Å². The van der Waals surface area contributed by atoms with E-state index in [0.29, 0.717) is 34.1 Å². The van der Waals surface area contributed by atoms with Crippen LogP contribution in [0.5, 0.6) is 5.75 Å². The highest BCUT2D eigenvalue weighted by atomic mass is 79.9. The number of ether oxygens (including phenoxy) is 1. The van der Waals surface area contributed by atoms with Crippen LogP contribution in [-0.4, -0.2) is 22.3 Å². The molecule has 0 heterocycles. The summed E-state index contributed by atoms with van der Waals surface area (Å²) in [5.41, 5.74) is 2.88. The predicted octanol–water partition coefficient (Wildman–Crippen LogP) is 4.79. The van der Waals surface area contributed by atoms with Gasteiger partial charge in [0.1, 0.15) is 11.9 Å². The number of benzene rings is 2. The van der Waals surface area contributed by atoms with Crippen molar-refractivity contribution in [1.29, 1.82) is 5.26 Å². The summed E-state index contributed by atoms with van der Waals surface area (Å²) in [6.07, 6.45) is 2.34. The van der Waals surface area contributed by atoms with Crippen LogP contribution < -0.4 is 10.8 Å². The van der Waals surface area contributed by atoms with E-state index < -0.39 is 18.1 Å². The summed E-state index contributed by atoms with van der Waals surface area (Å²) in [4.78, 5) is 23.6. The molecule has 0 unspecified atom stereocenters. The number of nitrogens with zero attached hydrogens (tertiary/aromatic N) is 1. The number of hydroxylamine groups is 1. The number of halogens is 1. The number of hydrogen-bond donors (Lipinski definition) is 4. The highest BCUT2D eigenvalue weighted by Crippen LogP contribution is 2.36. The Morgan fingerprint density at radius 3 is 2.61 bits per heavy atom. The van der Waals surface area contributed by atoms with Crippen molar-refractivity contribution in [3.05, 3.63) is 70.2 Å². The number of anilines is 1. The van der Waals surface area contributed by atoms with Crippen LogP contribution >= 0.6 is 15.9 Å². The molecule has 0 aromatic heterocycles. The zero-order valence-corrected chi connectivity index (χ0v) is 18.3. The van der Waals surface area contributed by atoms with Gasteiger partial charge in [0, 0.05) is 21.8 Å². The second-order valence-corrected chi connectivity index (χ2v) is 7.69. The SMILES string of the molecule is C[C@@H](CC/C=C/C(=O)NO)[C@H](OC(=O)Nc1ccc(C#N)cc1)c1cc(Br)ccc1O. The third-order valence-electron chi connectivity index (χ3n) is 4.48. The predicted molar refractivity (Wildman–Crippen MR) is 117 cm³/mol. The number of rotatable bonds is 8. The van der Waals surface area contributed by atoms with Crippen LogP contribution in [-0.2, 0) is 9.53 Å². The smallest absolute Gasteiger partial charge is 0.412 e. The molecule has 2 aromatic carbocycles. The van der Waals surface area contributed by atoms with Gasteiger partial charge in [-0.3, -0.25) is 15.3 Å². The number of phenols is 1. The van der Waals surface area contributed by atoms with Crippen molar-refractivity contribution in [2.75, 3.05) is 5.32 Å². The van der Waals surface area contributed by atoms with Gasteiger partial charge in [-0.2, -0.15) is 5.26 Å². The molecule has 0 aliphatic heterocycles. The molecule has 0 fully saturated rings. The first-order chi connectivity index (χ1) is 14.8. The Bertz CT molecular complexity index is 986. The van der Waals surface area contributed by atoms with E-state index in [-0.39, 0.29) is 11.7 Å². The molecule has 0 aliphatic rings. The van der Waals surface area contributed by atoms with Crippen molar-refractivity contribution in [3.8, 4) is 11.8 Å². The minimum atomic E-state index is -0.768. The van der Waals surface area contributed by atoms with Crippen LogP contribution in [0, 0.1) is 17.2 Å². The zero-order chi connectivity index (χ0) is 22.8. The molecule has 2 rings (SSSR count). The van der Waals surface area contributed by atoms with Gasteiger partial charge in [-0.15, -0.1) is 0 Å². The van der Waals surface area contributed by atoms with E-state index in [2.05, 4.69) is 21.2 Å². The van der Waals surface area contributed by atoms with E-state index in [1.165, 1.54) is 17.6 Å². The number of hydrogen-bond acceptors (Lipinski definition) is 6. The monoisotopic (exact) mass is 487 g/mol. The normalized spacial score (nSPS) is 12.6. The van der Waals surface area contributed by atoms with Crippen LogP contribution in [0.3, 0.4) is 0 Å². The Hall–Kier alpha value is -3.35.